The fourth-order valence-electron chi connectivity index (χ4n) is 3.81. The summed E-state index contributed by atoms with van der Waals surface area (Å²) in [5, 5.41) is 20.3. The zero-order valence-electron chi connectivity index (χ0n) is 15.6. The molecule has 1 aliphatic rings. The van der Waals surface area contributed by atoms with Crippen LogP contribution in [0.4, 0.5) is 0 Å². The van der Waals surface area contributed by atoms with Gasteiger partial charge in [-0.05, 0) is 50.3 Å². The van der Waals surface area contributed by atoms with Gasteiger partial charge in [-0.3, -0.25) is 9.88 Å². The Balaban J connectivity index is 1.57. The molecule has 0 saturated carbocycles. The first-order valence-corrected chi connectivity index (χ1v) is 9.14. The Kier molecular flexibility index (Phi) is 4.56. The SMILES string of the molecule is CN(C)C1CCN(Cc2ccc(-c3c(O)[nH]c4ccc(C#N)cc34)nc2)C1. The molecular weight excluding hydrogens is 338 g/mol. The largest absolute Gasteiger partial charge is 0.494 e. The molecule has 2 aromatic heterocycles. The average Bonchev–Trinajstić information content (AvgIpc) is 3.25. The van der Waals surface area contributed by atoms with E-state index in [0.717, 1.165) is 36.1 Å². The zero-order chi connectivity index (χ0) is 19.0. The van der Waals surface area contributed by atoms with Gasteiger partial charge in [0.25, 0.3) is 0 Å². The topological polar surface area (TPSA) is 79.2 Å². The van der Waals surface area contributed by atoms with Crippen LogP contribution in [0.2, 0.25) is 0 Å². The van der Waals surface area contributed by atoms with Gasteiger partial charge in [0, 0.05) is 42.8 Å². The van der Waals surface area contributed by atoms with Crippen LogP contribution in [0.3, 0.4) is 0 Å². The Morgan fingerprint density at radius 2 is 2.19 bits per heavy atom. The quantitative estimate of drug-likeness (QED) is 0.747. The van der Waals surface area contributed by atoms with E-state index in [0.29, 0.717) is 22.9 Å². The third-order valence-electron chi connectivity index (χ3n) is 5.37. The lowest BCUT2D eigenvalue weighted by Crippen LogP contribution is -2.31. The van der Waals surface area contributed by atoms with Crippen molar-refractivity contribution < 1.29 is 5.11 Å². The van der Waals surface area contributed by atoms with Gasteiger partial charge in [0.2, 0.25) is 0 Å². The standard InChI is InChI=1S/C21H23N5O/c1-25(2)16-7-8-26(13-16)12-15-4-6-19(23-11-15)20-17-9-14(10-22)3-5-18(17)24-21(20)27/h3-6,9,11,16,24,27H,7-8,12-13H2,1-2H3. The number of nitrogens with zero attached hydrogens (tertiary/aromatic N) is 4. The van der Waals surface area contributed by atoms with E-state index in [4.69, 9.17) is 5.26 Å². The molecule has 0 bridgehead atoms. The molecule has 1 fully saturated rings. The van der Waals surface area contributed by atoms with E-state index in [-0.39, 0.29) is 5.88 Å². The number of fused-ring (bicyclic) bond motifs is 1. The van der Waals surface area contributed by atoms with Crippen LogP contribution in [-0.4, -0.2) is 58.1 Å². The number of aromatic amines is 1. The summed E-state index contributed by atoms with van der Waals surface area (Å²) in [7, 11) is 4.27. The maximum Gasteiger partial charge on any atom is 0.199 e. The summed E-state index contributed by atoms with van der Waals surface area (Å²) in [5.74, 6) is 0.0775. The van der Waals surface area contributed by atoms with Gasteiger partial charge >= 0.3 is 0 Å². The number of pyridine rings is 1. The first-order valence-electron chi connectivity index (χ1n) is 9.14. The molecule has 1 atom stereocenters. The maximum atomic E-state index is 10.3. The molecule has 1 aromatic carbocycles. The molecule has 3 aromatic rings. The van der Waals surface area contributed by atoms with Crippen LogP contribution in [0.25, 0.3) is 22.2 Å². The van der Waals surface area contributed by atoms with Crippen LogP contribution in [-0.2, 0) is 6.54 Å². The van der Waals surface area contributed by atoms with Crippen molar-refractivity contribution in [2.45, 2.75) is 19.0 Å². The molecule has 0 spiro atoms. The van der Waals surface area contributed by atoms with E-state index < -0.39 is 0 Å². The van der Waals surface area contributed by atoms with Crippen molar-refractivity contribution >= 4 is 10.9 Å². The van der Waals surface area contributed by atoms with E-state index in [9.17, 15) is 5.11 Å². The van der Waals surface area contributed by atoms with E-state index >= 15 is 0 Å². The Morgan fingerprint density at radius 1 is 1.33 bits per heavy atom. The lowest BCUT2D eigenvalue weighted by atomic mass is 10.1. The molecule has 4 rings (SSSR count). The number of rotatable bonds is 4. The summed E-state index contributed by atoms with van der Waals surface area (Å²) in [5.41, 5.74) is 3.85. The Bertz CT molecular complexity index is 1000. The second kappa shape index (κ2) is 7.03. The predicted octanol–water partition coefficient (Wildman–Crippen LogP) is 2.94. The van der Waals surface area contributed by atoms with Gasteiger partial charge in [-0.25, -0.2) is 0 Å². The number of likely N-dealkylation sites (N-methyl/N-ethyl adjacent to an activating group) is 1. The van der Waals surface area contributed by atoms with Gasteiger partial charge < -0.3 is 15.0 Å². The molecule has 1 unspecified atom stereocenters. The first kappa shape index (κ1) is 17.5. The monoisotopic (exact) mass is 361 g/mol. The number of H-pyrrole nitrogens is 1. The van der Waals surface area contributed by atoms with Crippen LogP contribution < -0.4 is 0 Å². The van der Waals surface area contributed by atoms with Crippen molar-refractivity contribution in [3.05, 3.63) is 47.7 Å². The Hall–Kier alpha value is -2.88. The van der Waals surface area contributed by atoms with Crippen molar-refractivity contribution in [1.82, 2.24) is 19.8 Å². The molecule has 1 saturated heterocycles. The second-order valence-corrected chi connectivity index (χ2v) is 7.41. The fraction of sp³-hybridized carbons (Fsp3) is 0.333. The van der Waals surface area contributed by atoms with Crippen molar-refractivity contribution in [2.24, 2.45) is 0 Å². The molecule has 1 aliphatic heterocycles. The van der Waals surface area contributed by atoms with Gasteiger partial charge in [-0.1, -0.05) is 6.07 Å². The lowest BCUT2D eigenvalue weighted by molar-refractivity contribution is 0.264. The summed E-state index contributed by atoms with van der Waals surface area (Å²) in [6.07, 6.45) is 3.08. The summed E-state index contributed by atoms with van der Waals surface area (Å²) in [4.78, 5) is 12.3. The molecule has 6 nitrogen and oxygen atoms in total. The fourth-order valence-corrected chi connectivity index (χ4v) is 3.81. The highest BCUT2D eigenvalue weighted by atomic mass is 16.3. The number of nitriles is 1. The predicted molar refractivity (Wildman–Crippen MR) is 105 cm³/mol. The maximum absolute atomic E-state index is 10.3. The number of aromatic hydroxyl groups is 1. The number of hydrogen-bond donors (Lipinski definition) is 2. The molecule has 138 valence electrons. The van der Waals surface area contributed by atoms with E-state index in [1.165, 1.54) is 6.42 Å². The molecule has 2 N–H and O–H groups in total. The van der Waals surface area contributed by atoms with Crippen molar-refractivity contribution in [2.75, 3.05) is 27.2 Å². The molecule has 27 heavy (non-hydrogen) atoms. The molecular formula is C21H23N5O. The lowest BCUT2D eigenvalue weighted by Gasteiger charge is -2.20. The summed E-state index contributed by atoms with van der Waals surface area (Å²) < 4.78 is 0. The molecule has 0 aliphatic carbocycles. The number of hydrogen-bond acceptors (Lipinski definition) is 5. The van der Waals surface area contributed by atoms with Crippen molar-refractivity contribution in [3.8, 4) is 23.2 Å². The van der Waals surface area contributed by atoms with Gasteiger partial charge in [-0.2, -0.15) is 5.26 Å². The number of aromatic nitrogens is 2. The van der Waals surface area contributed by atoms with Crippen molar-refractivity contribution in [1.29, 1.82) is 5.26 Å². The van der Waals surface area contributed by atoms with Crippen LogP contribution in [0, 0.1) is 11.3 Å². The van der Waals surface area contributed by atoms with Crippen LogP contribution >= 0.6 is 0 Å². The molecule has 0 amide bonds. The van der Waals surface area contributed by atoms with Crippen LogP contribution in [0.1, 0.15) is 17.5 Å². The minimum absolute atomic E-state index is 0.0775. The minimum atomic E-state index is 0.0775. The van der Waals surface area contributed by atoms with Gasteiger partial charge in [0.05, 0.1) is 22.9 Å². The number of nitrogens with one attached hydrogen (secondary N) is 1. The minimum Gasteiger partial charge on any atom is -0.494 e. The molecule has 0 radical (unpaired) electrons. The third kappa shape index (κ3) is 3.39. The first-order chi connectivity index (χ1) is 13.0. The third-order valence-corrected chi connectivity index (χ3v) is 5.37. The highest BCUT2D eigenvalue weighted by Gasteiger charge is 2.24. The Labute approximate surface area is 158 Å². The Morgan fingerprint density at radius 3 is 2.85 bits per heavy atom. The smallest absolute Gasteiger partial charge is 0.199 e. The number of benzene rings is 1. The van der Waals surface area contributed by atoms with E-state index in [1.807, 2.05) is 12.3 Å². The highest BCUT2D eigenvalue weighted by Crippen LogP contribution is 2.36. The van der Waals surface area contributed by atoms with E-state index in [1.54, 1.807) is 18.2 Å². The van der Waals surface area contributed by atoms with E-state index in [2.05, 4.69) is 46.0 Å². The van der Waals surface area contributed by atoms with Crippen LogP contribution in [0.15, 0.2) is 36.5 Å². The van der Waals surface area contributed by atoms with Gasteiger partial charge in [0.15, 0.2) is 5.88 Å². The van der Waals surface area contributed by atoms with Crippen molar-refractivity contribution in [3.63, 3.8) is 0 Å². The zero-order valence-corrected chi connectivity index (χ0v) is 15.6. The number of likely N-dealkylation sites (tertiary alicyclic amines) is 1. The van der Waals surface area contributed by atoms with Crippen LogP contribution in [0.5, 0.6) is 5.88 Å². The molecule has 6 heteroatoms. The average molecular weight is 361 g/mol. The highest BCUT2D eigenvalue weighted by molar-refractivity contribution is 5.98. The summed E-state index contributed by atoms with van der Waals surface area (Å²) >= 11 is 0. The molecule has 3 heterocycles. The summed E-state index contributed by atoms with van der Waals surface area (Å²) in [6, 6.07) is 12.1. The van der Waals surface area contributed by atoms with Gasteiger partial charge in [-0.15, -0.1) is 0 Å². The normalized spacial score (nSPS) is 17.6. The summed E-state index contributed by atoms with van der Waals surface area (Å²) in [6.45, 7) is 3.07. The second-order valence-electron chi connectivity index (χ2n) is 7.41. The van der Waals surface area contributed by atoms with Gasteiger partial charge in [0.1, 0.15) is 0 Å².